The van der Waals surface area contributed by atoms with E-state index in [1.165, 1.54) is 19.4 Å². The van der Waals surface area contributed by atoms with Gasteiger partial charge in [0.2, 0.25) is 0 Å². The summed E-state index contributed by atoms with van der Waals surface area (Å²) in [5.41, 5.74) is 3.72. The lowest BCUT2D eigenvalue weighted by molar-refractivity contribution is 0.259. The van der Waals surface area contributed by atoms with Gasteiger partial charge in [-0.1, -0.05) is 66.5 Å². The summed E-state index contributed by atoms with van der Waals surface area (Å²) >= 11 is 12.7. The fourth-order valence-corrected chi connectivity index (χ4v) is 4.63. The Hall–Kier alpha value is -1.92. The van der Waals surface area contributed by atoms with Gasteiger partial charge in [0.15, 0.2) is 0 Å². The fraction of sp³-hybridized carbons (Fsp3) is 0.391. The minimum absolute atomic E-state index is 0.435. The summed E-state index contributed by atoms with van der Waals surface area (Å²) in [6.07, 6.45) is 2.54. The van der Waals surface area contributed by atoms with Crippen LogP contribution in [0.5, 0.6) is 0 Å². The maximum absolute atomic E-state index is 6.36. The topological polar surface area (TPSA) is 46.0 Å². The molecule has 1 saturated heterocycles. The van der Waals surface area contributed by atoms with Crippen molar-refractivity contribution in [1.82, 2.24) is 25.2 Å². The monoisotopic (exact) mass is 443 g/mol. The van der Waals surface area contributed by atoms with Gasteiger partial charge in [-0.2, -0.15) is 15.0 Å². The van der Waals surface area contributed by atoms with Gasteiger partial charge in [-0.25, -0.2) is 0 Å². The highest BCUT2D eigenvalue weighted by Crippen LogP contribution is 2.26. The molecule has 0 spiro atoms. The predicted octanol–water partition coefficient (Wildman–Crippen LogP) is 4.87. The molecule has 0 aliphatic carbocycles. The molecule has 0 bridgehead atoms. The van der Waals surface area contributed by atoms with Crippen molar-refractivity contribution >= 4 is 23.2 Å². The smallest absolute Gasteiger partial charge is 0.117 e. The highest BCUT2D eigenvalue weighted by molar-refractivity contribution is 6.35. The zero-order valence-electron chi connectivity index (χ0n) is 17.2. The number of hydrogen-bond acceptors (Lipinski definition) is 4. The molecule has 3 aromatic rings. The lowest BCUT2D eigenvalue weighted by Crippen LogP contribution is -2.37. The molecule has 7 heteroatoms. The molecule has 2 heterocycles. The Morgan fingerprint density at radius 2 is 1.80 bits per heavy atom. The van der Waals surface area contributed by atoms with E-state index in [2.05, 4.69) is 29.3 Å². The Kier molecular flexibility index (Phi) is 7.05. The highest BCUT2D eigenvalue weighted by atomic mass is 35.5. The number of halogens is 2. The third-order valence-corrected chi connectivity index (χ3v) is 6.42. The van der Waals surface area contributed by atoms with Crippen LogP contribution in [0.25, 0.3) is 11.3 Å². The van der Waals surface area contributed by atoms with Gasteiger partial charge < -0.3 is 5.32 Å². The van der Waals surface area contributed by atoms with E-state index in [-0.39, 0.29) is 0 Å². The van der Waals surface area contributed by atoms with Gasteiger partial charge in [-0.15, -0.1) is 0 Å². The van der Waals surface area contributed by atoms with Crippen LogP contribution in [0.4, 0.5) is 0 Å². The molecule has 30 heavy (non-hydrogen) atoms. The first-order chi connectivity index (χ1) is 14.7. The summed E-state index contributed by atoms with van der Waals surface area (Å²) in [5, 5.41) is 14.4. The fourth-order valence-electron chi connectivity index (χ4n) is 4.12. The normalized spacial score (nSPS) is 17.0. The highest BCUT2D eigenvalue weighted by Gasteiger charge is 2.23. The van der Waals surface area contributed by atoms with Crippen LogP contribution in [-0.4, -0.2) is 45.6 Å². The SMILES string of the molecule is CCN1CCC[C@H]1CNCc1nn(Cc2c(Cl)cccc2Cl)nc1-c1ccccc1. The quantitative estimate of drug-likeness (QED) is 0.538. The van der Waals surface area contributed by atoms with Gasteiger partial charge in [-0.3, -0.25) is 4.90 Å². The molecule has 158 valence electrons. The van der Waals surface area contributed by atoms with Crippen molar-refractivity contribution in [3.8, 4) is 11.3 Å². The van der Waals surface area contributed by atoms with Crippen LogP contribution >= 0.6 is 23.2 Å². The van der Waals surface area contributed by atoms with Gasteiger partial charge in [0.25, 0.3) is 0 Å². The number of likely N-dealkylation sites (tertiary alicyclic amines) is 1. The van der Waals surface area contributed by atoms with E-state index in [0.29, 0.717) is 29.2 Å². The molecular weight excluding hydrogens is 417 g/mol. The van der Waals surface area contributed by atoms with Crippen molar-refractivity contribution in [2.24, 2.45) is 0 Å². The van der Waals surface area contributed by atoms with Crippen LogP contribution in [0.2, 0.25) is 10.0 Å². The lowest BCUT2D eigenvalue weighted by atomic mass is 10.1. The molecule has 1 aromatic heterocycles. The van der Waals surface area contributed by atoms with Crippen molar-refractivity contribution in [1.29, 1.82) is 0 Å². The molecule has 0 amide bonds. The standard InChI is InChI=1S/C23H27Cl2N5/c1-2-29-13-7-10-18(29)14-26-15-22-23(17-8-4-3-5-9-17)28-30(27-22)16-19-20(24)11-6-12-21(19)25/h3-6,8-9,11-12,18,26H,2,7,10,13-16H2,1H3/t18-/m0/s1. The van der Waals surface area contributed by atoms with Gasteiger partial charge in [-0.05, 0) is 38.1 Å². The van der Waals surface area contributed by atoms with Crippen LogP contribution < -0.4 is 5.32 Å². The van der Waals surface area contributed by atoms with Crippen molar-refractivity contribution in [2.45, 2.75) is 38.9 Å². The van der Waals surface area contributed by atoms with Crippen LogP contribution in [0, 0.1) is 0 Å². The van der Waals surface area contributed by atoms with Crippen molar-refractivity contribution in [2.75, 3.05) is 19.6 Å². The average Bonchev–Trinajstić information content (AvgIpc) is 3.38. The molecule has 1 aliphatic rings. The molecule has 0 unspecified atom stereocenters. The minimum atomic E-state index is 0.435. The first-order valence-corrected chi connectivity index (χ1v) is 11.3. The van der Waals surface area contributed by atoms with Crippen LogP contribution in [0.3, 0.4) is 0 Å². The summed E-state index contributed by atoms with van der Waals surface area (Å²) < 4.78 is 0. The van der Waals surface area contributed by atoms with Crippen LogP contribution in [-0.2, 0) is 13.1 Å². The van der Waals surface area contributed by atoms with E-state index in [1.54, 1.807) is 4.80 Å². The number of nitrogens with one attached hydrogen (secondary N) is 1. The number of aromatic nitrogens is 3. The number of rotatable bonds is 8. The van der Waals surface area contributed by atoms with Gasteiger partial charge >= 0.3 is 0 Å². The van der Waals surface area contributed by atoms with E-state index < -0.39 is 0 Å². The van der Waals surface area contributed by atoms with Gasteiger partial charge in [0.1, 0.15) is 11.4 Å². The minimum Gasteiger partial charge on any atom is -0.309 e. The molecule has 1 atom stereocenters. The van der Waals surface area contributed by atoms with Crippen LogP contribution in [0.15, 0.2) is 48.5 Å². The van der Waals surface area contributed by atoms with E-state index in [1.807, 2.05) is 36.4 Å². The molecule has 1 N–H and O–H groups in total. The predicted molar refractivity (Wildman–Crippen MR) is 123 cm³/mol. The van der Waals surface area contributed by atoms with Gasteiger partial charge in [0, 0.05) is 40.3 Å². The number of nitrogens with zero attached hydrogens (tertiary/aromatic N) is 4. The number of likely N-dealkylation sites (N-methyl/N-ethyl adjacent to an activating group) is 1. The van der Waals surface area contributed by atoms with Crippen molar-refractivity contribution in [3.63, 3.8) is 0 Å². The average molecular weight is 444 g/mol. The molecule has 0 radical (unpaired) electrons. The van der Waals surface area contributed by atoms with E-state index in [4.69, 9.17) is 33.4 Å². The molecule has 5 nitrogen and oxygen atoms in total. The van der Waals surface area contributed by atoms with Gasteiger partial charge in [0.05, 0.1) is 6.54 Å². The Morgan fingerprint density at radius 3 is 2.53 bits per heavy atom. The maximum atomic E-state index is 6.36. The number of hydrogen-bond donors (Lipinski definition) is 1. The summed E-state index contributed by atoms with van der Waals surface area (Å²) in [5.74, 6) is 0. The second kappa shape index (κ2) is 9.92. The first kappa shape index (κ1) is 21.3. The zero-order chi connectivity index (χ0) is 20.9. The summed E-state index contributed by atoms with van der Waals surface area (Å²) in [6.45, 7) is 6.62. The van der Waals surface area contributed by atoms with E-state index in [9.17, 15) is 0 Å². The molecule has 2 aromatic carbocycles. The Balaban J connectivity index is 1.54. The first-order valence-electron chi connectivity index (χ1n) is 10.5. The van der Waals surface area contributed by atoms with Crippen LogP contribution in [0.1, 0.15) is 31.0 Å². The van der Waals surface area contributed by atoms with E-state index in [0.717, 1.165) is 35.6 Å². The molecule has 1 fully saturated rings. The maximum Gasteiger partial charge on any atom is 0.117 e. The second-order valence-corrected chi connectivity index (χ2v) is 8.46. The molecular formula is C23H27Cl2N5. The Morgan fingerprint density at radius 1 is 1.03 bits per heavy atom. The summed E-state index contributed by atoms with van der Waals surface area (Å²) in [4.78, 5) is 4.24. The van der Waals surface area contributed by atoms with Crippen molar-refractivity contribution < 1.29 is 0 Å². The van der Waals surface area contributed by atoms with E-state index >= 15 is 0 Å². The lowest BCUT2D eigenvalue weighted by Gasteiger charge is -2.22. The largest absolute Gasteiger partial charge is 0.309 e. The second-order valence-electron chi connectivity index (χ2n) is 7.65. The molecule has 4 rings (SSSR count). The summed E-state index contributed by atoms with van der Waals surface area (Å²) in [7, 11) is 0. The third-order valence-electron chi connectivity index (χ3n) is 5.71. The molecule has 0 saturated carbocycles. The third kappa shape index (κ3) is 4.86. The zero-order valence-corrected chi connectivity index (χ0v) is 18.7. The Labute approximate surface area is 188 Å². The molecule has 1 aliphatic heterocycles. The summed E-state index contributed by atoms with van der Waals surface area (Å²) in [6, 6.07) is 16.3. The van der Waals surface area contributed by atoms with Crippen molar-refractivity contribution in [3.05, 3.63) is 69.8 Å². The Bertz CT molecular complexity index is 953. The number of benzene rings is 2.